The van der Waals surface area contributed by atoms with Crippen LogP contribution in [-0.4, -0.2) is 67.0 Å². The minimum absolute atomic E-state index is 0. The van der Waals surface area contributed by atoms with E-state index in [-0.39, 0.29) is 49.0 Å². The Labute approximate surface area is 177 Å². The summed E-state index contributed by atoms with van der Waals surface area (Å²) in [5.41, 5.74) is 0. The van der Waals surface area contributed by atoms with Crippen LogP contribution in [0.25, 0.3) is 0 Å². The monoisotopic (exact) mass is 506 g/mol. The number of guanidine groups is 1. The number of hydrogen-bond acceptors (Lipinski definition) is 3. The van der Waals surface area contributed by atoms with Crippen LogP contribution in [0.5, 0.6) is 0 Å². The zero-order chi connectivity index (χ0) is 19.0. The number of nitrogens with zero attached hydrogens (tertiary/aromatic N) is 2. The van der Waals surface area contributed by atoms with Gasteiger partial charge < -0.3 is 20.6 Å². The Balaban J connectivity index is 0.00000364. The van der Waals surface area contributed by atoms with E-state index in [0.29, 0.717) is 25.3 Å². The van der Waals surface area contributed by atoms with E-state index in [9.17, 15) is 18.3 Å². The molecule has 1 heterocycles. The van der Waals surface area contributed by atoms with E-state index in [1.165, 1.54) is 0 Å². The first-order valence-electron chi connectivity index (χ1n) is 9.90. The van der Waals surface area contributed by atoms with Crippen molar-refractivity contribution in [1.29, 1.82) is 0 Å². The highest BCUT2D eigenvalue weighted by Gasteiger charge is 2.41. The van der Waals surface area contributed by atoms with E-state index in [0.717, 1.165) is 45.4 Å². The molecule has 0 bridgehead atoms. The minimum atomic E-state index is -4.06. The lowest BCUT2D eigenvalue weighted by atomic mass is 9.85. The van der Waals surface area contributed by atoms with E-state index < -0.39 is 12.1 Å². The third-order valence-corrected chi connectivity index (χ3v) is 5.33. The van der Waals surface area contributed by atoms with Gasteiger partial charge in [-0.2, -0.15) is 13.2 Å². The van der Waals surface area contributed by atoms with Gasteiger partial charge in [-0.25, -0.2) is 0 Å². The summed E-state index contributed by atoms with van der Waals surface area (Å²) in [7, 11) is 0. The fraction of sp³-hybridized carbons (Fsp3) is 0.944. The molecule has 0 aromatic heterocycles. The third-order valence-electron chi connectivity index (χ3n) is 5.33. The topological polar surface area (TPSA) is 59.9 Å². The van der Waals surface area contributed by atoms with Crippen molar-refractivity contribution >= 4 is 29.9 Å². The van der Waals surface area contributed by atoms with Gasteiger partial charge in [0, 0.05) is 32.2 Å². The van der Waals surface area contributed by atoms with Gasteiger partial charge in [0.25, 0.3) is 0 Å². The highest BCUT2D eigenvalue weighted by Crippen LogP contribution is 2.37. The summed E-state index contributed by atoms with van der Waals surface area (Å²) in [5, 5.41) is 16.0. The molecule has 0 amide bonds. The van der Waals surface area contributed by atoms with Crippen molar-refractivity contribution in [1.82, 2.24) is 15.5 Å². The van der Waals surface area contributed by atoms with Gasteiger partial charge in [-0.3, -0.25) is 4.99 Å². The zero-order valence-corrected chi connectivity index (χ0v) is 18.4. The summed E-state index contributed by atoms with van der Waals surface area (Å²) in [6.45, 7) is 6.24. The molecule has 0 atom stereocenters. The second kappa shape index (κ2) is 12.3. The van der Waals surface area contributed by atoms with Crippen LogP contribution < -0.4 is 10.6 Å². The van der Waals surface area contributed by atoms with Crippen molar-refractivity contribution in [2.24, 2.45) is 10.9 Å². The normalized spacial score (nSPS) is 25.7. The largest absolute Gasteiger partial charge is 0.393 e. The van der Waals surface area contributed by atoms with Crippen molar-refractivity contribution < 1.29 is 18.3 Å². The summed E-state index contributed by atoms with van der Waals surface area (Å²) in [6.07, 6.45) is -0.136. The van der Waals surface area contributed by atoms with E-state index in [2.05, 4.69) is 20.5 Å². The molecule has 27 heavy (non-hydrogen) atoms. The van der Waals surface area contributed by atoms with E-state index >= 15 is 0 Å². The fourth-order valence-corrected chi connectivity index (χ4v) is 3.71. The lowest BCUT2D eigenvalue weighted by molar-refractivity contribution is -0.182. The first-order valence-corrected chi connectivity index (χ1v) is 9.90. The van der Waals surface area contributed by atoms with Crippen LogP contribution >= 0.6 is 24.0 Å². The number of halogens is 4. The number of nitrogens with one attached hydrogen (secondary N) is 2. The Morgan fingerprint density at radius 1 is 1.11 bits per heavy atom. The SMILES string of the molecule is CCNC(=NCCCN1CCC(O)CC1)NC1CCC(C(F)(F)F)CC1.I. The molecule has 160 valence electrons. The van der Waals surface area contributed by atoms with Gasteiger partial charge in [0.15, 0.2) is 5.96 Å². The first kappa shape index (κ1) is 24.7. The van der Waals surface area contributed by atoms with Crippen molar-refractivity contribution in [3.05, 3.63) is 0 Å². The maximum Gasteiger partial charge on any atom is 0.391 e. The molecule has 0 radical (unpaired) electrons. The fourth-order valence-electron chi connectivity index (χ4n) is 3.71. The molecule has 1 aliphatic heterocycles. The Morgan fingerprint density at radius 3 is 2.30 bits per heavy atom. The van der Waals surface area contributed by atoms with E-state index in [1.54, 1.807) is 0 Å². The van der Waals surface area contributed by atoms with Crippen LogP contribution in [0.4, 0.5) is 13.2 Å². The molecule has 5 nitrogen and oxygen atoms in total. The Hall–Kier alpha value is -0.290. The second-order valence-electron chi connectivity index (χ2n) is 7.42. The lowest BCUT2D eigenvalue weighted by Gasteiger charge is -2.31. The maximum atomic E-state index is 12.8. The van der Waals surface area contributed by atoms with Crippen LogP contribution in [0, 0.1) is 5.92 Å². The summed E-state index contributed by atoms with van der Waals surface area (Å²) >= 11 is 0. The molecule has 1 saturated heterocycles. The van der Waals surface area contributed by atoms with Crippen LogP contribution in [0.15, 0.2) is 4.99 Å². The van der Waals surface area contributed by atoms with Crippen molar-refractivity contribution in [2.75, 3.05) is 32.7 Å². The molecule has 1 aliphatic carbocycles. The highest BCUT2D eigenvalue weighted by atomic mass is 127. The van der Waals surface area contributed by atoms with Gasteiger partial charge in [-0.1, -0.05) is 0 Å². The van der Waals surface area contributed by atoms with Crippen LogP contribution in [0.2, 0.25) is 0 Å². The van der Waals surface area contributed by atoms with Crippen LogP contribution in [-0.2, 0) is 0 Å². The molecule has 2 aliphatic rings. The predicted octanol–water partition coefficient (Wildman–Crippen LogP) is 3.13. The summed E-state index contributed by atoms with van der Waals surface area (Å²) < 4.78 is 38.3. The molecule has 0 aromatic carbocycles. The number of piperidine rings is 1. The van der Waals surface area contributed by atoms with Crippen LogP contribution in [0.1, 0.15) is 51.9 Å². The minimum Gasteiger partial charge on any atom is -0.393 e. The third kappa shape index (κ3) is 9.17. The Kier molecular flexibility index (Phi) is 11.3. The second-order valence-corrected chi connectivity index (χ2v) is 7.42. The van der Waals surface area contributed by atoms with Gasteiger partial charge in [0.1, 0.15) is 0 Å². The summed E-state index contributed by atoms with van der Waals surface area (Å²) in [6, 6.07) is 0.0648. The molecule has 9 heteroatoms. The molecule has 2 rings (SSSR count). The van der Waals surface area contributed by atoms with Gasteiger partial charge in [-0.15, -0.1) is 24.0 Å². The predicted molar refractivity (Wildman–Crippen MR) is 113 cm³/mol. The number of aliphatic hydroxyl groups excluding tert-OH is 1. The maximum absolute atomic E-state index is 12.8. The number of rotatable bonds is 6. The van der Waals surface area contributed by atoms with Crippen LogP contribution in [0.3, 0.4) is 0 Å². The molecular weight excluding hydrogens is 472 g/mol. The standard InChI is InChI=1S/C18H33F3N4O.HI/c1-2-22-17(23-10-3-11-25-12-8-16(26)9-13-25)24-15-6-4-14(5-7-15)18(19,20)21;/h14-16,26H,2-13H2,1H3,(H2,22,23,24);1H. The molecule has 0 aromatic rings. The highest BCUT2D eigenvalue weighted by molar-refractivity contribution is 14.0. The van der Waals surface area contributed by atoms with Gasteiger partial charge >= 0.3 is 6.18 Å². The van der Waals surface area contributed by atoms with Gasteiger partial charge in [-0.05, 0) is 58.4 Å². The van der Waals surface area contributed by atoms with E-state index in [4.69, 9.17) is 0 Å². The summed E-state index contributed by atoms with van der Waals surface area (Å²) in [5.74, 6) is -0.444. The smallest absolute Gasteiger partial charge is 0.391 e. The van der Waals surface area contributed by atoms with E-state index in [1.807, 2.05) is 6.92 Å². The van der Waals surface area contributed by atoms with Gasteiger partial charge in [0.05, 0.1) is 12.0 Å². The first-order chi connectivity index (χ1) is 12.4. The number of aliphatic imine (C=N–C) groups is 1. The number of alkyl halides is 3. The molecule has 2 fully saturated rings. The van der Waals surface area contributed by atoms with Crippen molar-refractivity contribution in [3.63, 3.8) is 0 Å². The molecular formula is C18H34F3IN4O. The number of hydrogen-bond donors (Lipinski definition) is 3. The average molecular weight is 506 g/mol. The zero-order valence-electron chi connectivity index (χ0n) is 16.1. The van der Waals surface area contributed by atoms with Gasteiger partial charge in [0.2, 0.25) is 0 Å². The summed E-state index contributed by atoms with van der Waals surface area (Å²) in [4.78, 5) is 6.92. The molecule has 0 spiro atoms. The van der Waals surface area contributed by atoms with Crippen molar-refractivity contribution in [3.8, 4) is 0 Å². The molecule has 3 N–H and O–H groups in total. The Bertz CT molecular complexity index is 435. The molecule has 1 saturated carbocycles. The lowest BCUT2D eigenvalue weighted by Crippen LogP contribution is -2.46. The quantitative estimate of drug-likeness (QED) is 0.224. The average Bonchev–Trinajstić information content (AvgIpc) is 2.60. The van der Waals surface area contributed by atoms with Crippen molar-refractivity contribution in [2.45, 2.75) is 70.2 Å². The molecule has 0 unspecified atom stereocenters. The number of aliphatic hydroxyl groups is 1. The number of likely N-dealkylation sites (tertiary alicyclic amines) is 1. The Morgan fingerprint density at radius 2 is 1.74 bits per heavy atom.